The summed E-state index contributed by atoms with van der Waals surface area (Å²) < 4.78 is 5.57. The van der Waals surface area contributed by atoms with Gasteiger partial charge in [0.25, 0.3) is 0 Å². The van der Waals surface area contributed by atoms with E-state index in [1.165, 1.54) is 12.8 Å². The lowest BCUT2D eigenvalue weighted by molar-refractivity contribution is 0.470. The maximum absolute atomic E-state index is 5.57. The van der Waals surface area contributed by atoms with E-state index in [4.69, 9.17) is 4.42 Å². The normalized spacial score (nSPS) is 12.9. The first-order valence-electron chi connectivity index (χ1n) is 8.40. The molecule has 0 bridgehead atoms. The van der Waals surface area contributed by atoms with Gasteiger partial charge in [-0.1, -0.05) is 26.7 Å². The monoisotopic (exact) mass is 436 g/mol. The summed E-state index contributed by atoms with van der Waals surface area (Å²) in [6, 6.07) is 0.407. The molecule has 0 aliphatic rings. The van der Waals surface area contributed by atoms with E-state index >= 15 is 0 Å². The smallest absolute Gasteiger partial charge is 0.216 e. The molecule has 2 N–H and O–H groups in total. The summed E-state index contributed by atoms with van der Waals surface area (Å²) in [5.74, 6) is 3.13. The third-order valence-corrected chi connectivity index (χ3v) is 3.59. The van der Waals surface area contributed by atoms with Crippen LogP contribution in [0.25, 0.3) is 0 Å². The van der Waals surface area contributed by atoms with Crippen LogP contribution in [-0.2, 0) is 6.54 Å². The van der Waals surface area contributed by atoms with E-state index in [2.05, 4.69) is 48.3 Å². The first-order chi connectivity index (χ1) is 10.4. The van der Waals surface area contributed by atoms with Crippen LogP contribution >= 0.6 is 24.0 Å². The highest BCUT2D eigenvalue weighted by molar-refractivity contribution is 14.0. The molecule has 5 nitrogen and oxygen atoms in total. The van der Waals surface area contributed by atoms with Gasteiger partial charge in [-0.05, 0) is 40.0 Å². The number of halogens is 1. The Morgan fingerprint density at radius 1 is 1.22 bits per heavy atom. The predicted molar refractivity (Wildman–Crippen MR) is 107 cm³/mol. The van der Waals surface area contributed by atoms with Crippen LogP contribution in [0.3, 0.4) is 0 Å². The van der Waals surface area contributed by atoms with Crippen LogP contribution < -0.4 is 10.6 Å². The van der Waals surface area contributed by atoms with Crippen LogP contribution in [0.4, 0.5) is 0 Å². The second kappa shape index (κ2) is 11.7. The van der Waals surface area contributed by atoms with Crippen molar-refractivity contribution in [3.63, 3.8) is 0 Å². The Morgan fingerprint density at radius 3 is 2.43 bits per heavy atom. The van der Waals surface area contributed by atoms with Gasteiger partial charge in [0.2, 0.25) is 5.89 Å². The van der Waals surface area contributed by atoms with Gasteiger partial charge in [0.1, 0.15) is 12.3 Å². The van der Waals surface area contributed by atoms with Crippen molar-refractivity contribution in [2.75, 3.05) is 6.54 Å². The van der Waals surface area contributed by atoms with Crippen molar-refractivity contribution in [1.29, 1.82) is 0 Å². The molecule has 1 aromatic rings. The molecule has 1 aromatic heterocycles. The number of hydrogen-bond acceptors (Lipinski definition) is 3. The van der Waals surface area contributed by atoms with Gasteiger partial charge in [-0.25, -0.2) is 9.98 Å². The molecule has 0 amide bonds. The molecule has 0 spiro atoms. The molecule has 0 saturated heterocycles. The van der Waals surface area contributed by atoms with Crippen LogP contribution in [0.1, 0.15) is 64.3 Å². The summed E-state index contributed by atoms with van der Waals surface area (Å²) in [7, 11) is 0. The Balaban J connectivity index is 0.00000484. The average molecular weight is 436 g/mol. The minimum atomic E-state index is 0. The summed E-state index contributed by atoms with van der Waals surface area (Å²) >= 11 is 0. The third kappa shape index (κ3) is 9.17. The number of aromatic nitrogens is 1. The summed E-state index contributed by atoms with van der Waals surface area (Å²) in [6.45, 7) is 14.0. The fourth-order valence-electron chi connectivity index (χ4n) is 2.21. The van der Waals surface area contributed by atoms with Crippen LogP contribution in [0.5, 0.6) is 0 Å². The van der Waals surface area contributed by atoms with Gasteiger partial charge in [-0.15, -0.1) is 24.0 Å². The zero-order valence-electron chi connectivity index (χ0n) is 15.4. The third-order valence-electron chi connectivity index (χ3n) is 3.59. The SMILES string of the molecule is CCNC(=NCc1nc(C)c(C)o1)NC(C)CCCC(C)C.I. The fourth-order valence-corrected chi connectivity index (χ4v) is 2.21. The van der Waals surface area contributed by atoms with Crippen molar-refractivity contribution < 1.29 is 4.42 Å². The number of aryl methyl sites for hydroxylation is 2. The lowest BCUT2D eigenvalue weighted by atomic mass is 10.0. The maximum Gasteiger partial charge on any atom is 0.216 e. The van der Waals surface area contributed by atoms with Gasteiger partial charge in [0.15, 0.2) is 5.96 Å². The lowest BCUT2D eigenvalue weighted by Crippen LogP contribution is -2.42. The number of guanidine groups is 1. The van der Waals surface area contributed by atoms with Crippen molar-refractivity contribution in [2.24, 2.45) is 10.9 Å². The summed E-state index contributed by atoms with van der Waals surface area (Å²) in [5.41, 5.74) is 0.935. The van der Waals surface area contributed by atoms with Crippen LogP contribution in [-0.4, -0.2) is 23.5 Å². The molecule has 1 unspecified atom stereocenters. The summed E-state index contributed by atoms with van der Waals surface area (Å²) in [5, 5.41) is 6.73. The van der Waals surface area contributed by atoms with E-state index in [0.717, 1.165) is 36.3 Å². The fraction of sp³-hybridized carbons (Fsp3) is 0.765. The summed E-state index contributed by atoms with van der Waals surface area (Å²) in [6.07, 6.45) is 3.66. The summed E-state index contributed by atoms with van der Waals surface area (Å²) in [4.78, 5) is 8.92. The van der Waals surface area contributed by atoms with Gasteiger partial charge < -0.3 is 15.1 Å². The molecule has 0 saturated carbocycles. The molecular weight excluding hydrogens is 403 g/mol. The molecule has 0 aliphatic heterocycles. The molecule has 1 atom stereocenters. The Morgan fingerprint density at radius 2 is 1.91 bits per heavy atom. The van der Waals surface area contributed by atoms with Crippen LogP contribution in [0.2, 0.25) is 0 Å². The minimum absolute atomic E-state index is 0. The number of nitrogens with one attached hydrogen (secondary N) is 2. The van der Waals surface area contributed by atoms with E-state index in [0.29, 0.717) is 18.5 Å². The van der Waals surface area contributed by atoms with E-state index in [1.807, 2.05) is 13.8 Å². The number of rotatable bonds is 8. The quantitative estimate of drug-likeness (QED) is 0.365. The number of hydrogen-bond donors (Lipinski definition) is 2. The zero-order valence-corrected chi connectivity index (χ0v) is 17.7. The molecule has 6 heteroatoms. The molecule has 1 rings (SSSR count). The van der Waals surface area contributed by atoms with E-state index in [-0.39, 0.29) is 24.0 Å². The molecular formula is C17H33IN4O. The molecule has 1 heterocycles. The largest absolute Gasteiger partial charge is 0.444 e. The van der Waals surface area contributed by atoms with Gasteiger partial charge in [-0.3, -0.25) is 0 Å². The molecule has 0 aliphatic carbocycles. The molecule has 23 heavy (non-hydrogen) atoms. The van der Waals surface area contributed by atoms with Gasteiger partial charge in [0.05, 0.1) is 5.69 Å². The Kier molecular flexibility index (Phi) is 11.3. The van der Waals surface area contributed by atoms with Crippen molar-refractivity contribution >= 4 is 29.9 Å². The minimum Gasteiger partial charge on any atom is -0.444 e. The molecule has 134 valence electrons. The molecule has 0 aromatic carbocycles. The van der Waals surface area contributed by atoms with Gasteiger partial charge in [-0.2, -0.15) is 0 Å². The highest BCUT2D eigenvalue weighted by Crippen LogP contribution is 2.10. The van der Waals surface area contributed by atoms with Crippen LogP contribution in [0, 0.1) is 19.8 Å². The Labute approximate surface area is 158 Å². The van der Waals surface area contributed by atoms with Crippen molar-refractivity contribution in [3.05, 3.63) is 17.3 Å². The molecule has 0 fully saturated rings. The lowest BCUT2D eigenvalue weighted by Gasteiger charge is -2.18. The maximum atomic E-state index is 5.57. The topological polar surface area (TPSA) is 62.5 Å². The number of oxazole rings is 1. The molecule has 0 radical (unpaired) electrons. The van der Waals surface area contributed by atoms with Crippen molar-refractivity contribution in [2.45, 2.75) is 73.4 Å². The Bertz CT molecular complexity index is 452. The first kappa shape index (κ1) is 22.2. The van der Waals surface area contributed by atoms with Crippen molar-refractivity contribution in [1.82, 2.24) is 15.6 Å². The second-order valence-corrected chi connectivity index (χ2v) is 6.31. The zero-order chi connectivity index (χ0) is 16.5. The van der Waals surface area contributed by atoms with E-state index < -0.39 is 0 Å². The highest BCUT2D eigenvalue weighted by atomic mass is 127. The number of nitrogens with zero attached hydrogens (tertiary/aromatic N) is 2. The first-order valence-corrected chi connectivity index (χ1v) is 8.40. The van der Waals surface area contributed by atoms with Gasteiger partial charge >= 0.3 is 0 Å². The highest BCUT2D eigenvalue weighted by Gasteiger charge is 2.08. The van der Waals surface area contributed by atoms with Gasteiger partial charge in [0, 0.05) is 12.6 Å². The average Bonchev–Trinajstić information content (AvgIpc) is 2.75. The number of aliphatic imine (C=N–C) groups is 1. The van der Waals surface area contributed by atoms with E-state index in [1.54, 1.807) is 0 Å². The predicted octanol–water partition coefficient (Wildman–Crippen LogP) is 4.18. The van der Waals surface area contributed by atoms with Crippen molar-refractivity contribution in [3.8, 4) is 0 Å². The second-order valence-electron chi connectivity index (χ2n) is 6.31. The van der Waals surface area contributed by atoms with E-state index in [9.17, 15) is 0 Å². The van der Waals surface area contributed by atoms with Crippen LogP contribution in [0.15, 0.2) is 9.41 Å². The Hall–Kier alpha value is -0.790. The standard InChI is InChI=1S/C17H32N4O.HI/c1-7-18-17(20-13(4)10-8-9-12(2)3)19-11-16-21-14(5)15(6)22-16;/h12-13H,7-11H2,1-6H3,(H2,18,19,20);1H.